The summed E-state index contributed by atoms with van der Waals surface area (Å²) in [5, 5.41) is 64.5. The Morgan fingerprint density at radius 3 is 2.32 bits per heavy atom. The molecule has 322 valence electrons. The summed E-state index contributed by atoms with van der Waals surface area (Å²) in [6, 6.07) is 35.0. The minimum atomic E-state index is -4.28. The van der Waals surface area contributed by atoms with Crippen LogP contribution in [-0.2, 0) is 14.9 Å². The fourth-order valence-electron chi connectivity index (χ4n) is 7.08. The van der Waals surface area contributed by atoms with Crippen LogP contribution in [0.2, 0.25) is 0 Å². The van der Waals surface area contributed by atoms with Gasteiger partial charge in [0, 0.05) is 35.2 Å². The van der Waals surface area contributed by atoms with Crippen LogP contribution in [0.3, 0.4) is 0 Å². The van der Waals surface area contributed by atoms with E-state index in [4.69, 9.17) is 4.74 Å². The molecule has 0 spiro atoms. The van der Waals surface area contributed by atoms with Gasteiger partial charge in [-0.05, 0) is 73.2 Å². The third kappa shape index (κ3) is 9.15. The molecule has 0 saturated carbocycles. The fraction of sp³-hybridized carbons (Fsp3) is 0.130. The van der Waals surface area contributed by atoms with Gasteiger partial charge in [0.1, 0.15) is 39.7 Å². The van der Waals surface area contributed by atoms with Crippen LogP contribution < -0.4 is 10.1 Å². The maximum Gasteiger partial charge on any atom is 0.264 e. The van der Waals surface area contributed by atoms with Crippen molar-refractivity contribution in [3.8, 4) is 34.9 Å². The zero-order chi connectivity index (χ0) is 45.8. The number of hydrogen-bond donors (Lipinski definition) is 3. The van der Waals surface area contributed by atoms with E-state index in [0.29, 0.717) is 49.7 Å². The van der Waals surface area contributed by atoms with Crippen LogP contribution in [0.25, 0.3) is 38.6 Å². The Balaban J connectivity index is 1.21. The van der Waals surface area contributed by atoms with Crippen LogP contribution in [0.15, 0.2) is 134 Å². The van der Waals surface area contributed by atoms with Crippen molar-refractivity contribution in [3.05, 3.63) is 125 Å². The summed E-state index contributed by atoms with van der Waals surface area (Å²) in [5.74, 6) is -1.03. The van der Waals surface area contributed by atoms with Gasteiger partial charge in [0.2, 0.25) is 11.8 Å². The number of amides is 1. The Hall–Kier alpha value is -8.23. The second kappa shape index (κ2) is 18.2. The lowest BCUT2D eigenvalue weighted by Gasteiger charge is -2.12. The van der Waals surface area contributed by atoms with E-state index in [1.54, 1.807) is 68.4 Å². The molecule has 0 bridgehead atoms. The van der Waals surface area contributed by atoms with Crippen molar-refractivity contribution in [2.45, 2.75) is 27.2 Å². The smallest absolute Gasteiger partial charge is 0.264 e. The predicted octanol–water partition coefficient (Wildman–Crippen LogP) is 12.3. The van der Waals surface area contributed by atoms with Gasteiger partial charge >= 0.3 is 0 Å². The maximum absolute atomic E-state index is 12.0. The van der Waals surface area contributed by atoms with E-state index >= 15 is 0 Å². The average Bonchev–Trinajstić information content (AvgIpc) is 3.85. The molecule has 1 amide bonds. The summed E-state index contributed by atoms with van der Waals surface area (Å²) in [6.07, 6.45) is -0.0707. The molecule has 0 aliphatic heterocycles. The molecule has 0 aliphatic carbocycles. The van der Waals surface area contributed by atoms with Gasteiger partial charge in [-0.25, -0.2) is 4.98 Å². The van der Waals surface area contributed by atoms with Crippen molar-refractivity contribution >= 4 is 93.3 Å². The summed E-state index contributed by atoms with van der Waals surface area (Å²) < 4.78 is 39.7. The lowest BCUT2D eigenvalue weighted by atomic mass is 10.0. The van der Waals surface area contributed by atoms with E-state index in [1.807, 2.05) is 42.5 Å². The Labute approximate surface area is 375 Å². The Bertz CT molecular complexity index is 3500. The largest absolute Gasteiger partial charge is 0.493 e. The molecular weight excluding hydrogens is 867 g/mol. The highest BCUT2D eigenvalue weighted by Gasteiger charge is 2.23. The molecule has 0 atom stereocenters. The number of aryl methyl sites for hydroxylation is 1. The quantitative estimate of drug-likeness (QED) is 0.0564. The van der Waals surface area contributed by atoms with Crippen LogP contribution >= 0.6 is 11.3 Å². The fourth-order valence-corrected chi connectivity index (χ4v) is 8.48. The molecule has 65 heavy (non-hydrogen) atoms. The van der Waals surface area contributed by atoms with E-state index in [1.165, 1.54) is 17.4 Å². The standard InChI is InChI=1S/C46H35N11O6S2/c1-26-21-38(53-54-42-27(2)33(24-47)43-50-36-16-6-7-18-39(36)57(43)46(42)59)40(63-19-10-20-65(60,61)62)23-37(26)52-55-44-34(25-48)41(30-13-8-14-31(22-30)49-28(3)58)45(64-44)56-51-35-17-9-12-29-11-4-5-15-32(29)35/h4-9,11-18,21-23,59H,10,19-20H2,1-3H3,(H,49,58)(H,60,61,62). The van der Waals surface area contributed by atoms with Crippen molar-refractivity contribution < 1.29 is 27.6 Å². The number of ether oxygens (including phenoxy) is 1. The monoisotopic (exact) mass is 901 g/mol. The Kier molecular flexibility index (Phi) is 12.2. The number of imidazole rings is 1. The number of carbonyl (C=O) groups is 1. The first kappa shape index (κ1) is 43.4. The van der Waals surface area contributed by atoms with E-state index in [9.17, 15) is 33.4 Å². The number of aromatic hydroxyl groups is 1. The Morgan fingerprint density at radius 1 is 0.831 bits per heavy atom. The van der Waals surface area contributed by atoms with Gasteiger partial charge in [-0.1, -0.05) is 72.0 Å². The number of nitrogens with one attached hydrogen (secondary N) is 1. The van der Waals surface area contributed by atoms with Gasteiger partial charge in [-0.3, -0.25) is 13.7 Å². The molecule has 3 aromatic heterocycles. The predicted molar refractivity (Wildman–Crippen MR) is 247 cm³/mol. The lowest BCUT2D eigenvalue weighted by Crippen LogP contribution is -2.08. The number of hydrogen-bond acceptors (Lipinski definition) is 15. The number of thiophene rings is 1. The second-order valence-corrected chi connectivity index (χ2v) is 17.1. The number of fused-ring (bicyclic) bond motifs is 4. The highest BCUT2D eigenvalue weighted by Crippen LogP contribution is 2.49. The Morgan fingerprint density at radius 2 is 1.54 bits per heavy atom. The molecule has 8 rings (SSSR count). The molecule has 17 nitrogen and oxygen atoms in total. The highest BCUT2D eigenvalue weighted by molar-refractivity contribution is 7.85. The molecule has 0 fully saturated rings. The number of aromatic nitrogens is 2. The third-order valence-electron chi connectivity index (χ3n) is 10.1. The van der Waals surface area contributed by atoms with E-state index in [2.05, 4.69) is 53.1 Å². The molecule has 0 unspecified atom stereocenters. The molecule has 3 N–H and O–H groups in total. The summed E-state index contributed by atoms with van der Waals surface area (Å²) >= 11 is 1.09. The number of rotatable bonds is 13. The number of benzene rings is 5. The number of carbonyl (C=O) groups excluding carboxylic acids is 1. The normalized spacial score (nSPS) is 11.9. The number of nitriles is 2. The lowest BCUT2D eigenvalue weighted by molar-refractivity contribution is -0.114. The van der Waals surface area contributed by atoms with Gasteiger partial charge < -0.3 is 15.2 Å². The summed E-state index contributed by atoms with van der Waals surface area (Å²) in [5.41, 5.74) is 5.16. The van der Waals surface area contributed by atoms with Crippen LogP contribution in [0.1, 0.15) is 35.6 Å². The first-order chi connectivity index (χ1) is 31.3. The van der Waals surface area contributed by atoms with Crippen LogP contribution in [-0.4, -0.2) is 45.7 Å². The minimum Gasteiger partial charge on any atom is -0.493 e. The second-order valence-electron chi connectivity index (χ2n) is 14.6. The van der Waals surface area contributed by atoms with Crippen molar-refractivity contribution in [3.63, 3.8) is 0 Å². The van der Waals surface area contributed by atoms with Crippen molar-refractivity contribution in [2.24, 2.45) is 30.7 Å². The summed E-state index contributed by atoms with van der Waals surface area (Å²) in [7, 11) is -4.28. The molecule has 0 saturated heterocycles. The topological polar surface area (TPSA) is 252 Å². The van der Waals surface area contributed by atoms with Crippen molar-refractivity contribution in [2.75, 3.05) is 17.7 Å². The molecular formula is C46H35N11O6S2. The van der Waals surface area contributed by atoms with Crippen LogP contribution in [0.5, 0.6) is 11.6 Å². The molecule has 0 aliphatic rings. The van der Waals surface area contributed by atoms with Gasteiger partial charge in [-0.15, -0.1) is 30.7 Å². The van der Waals surface area contributed by atoms with E-state index in [0.717, 1.165) is 22.1 Å². The van der Waals surface area contributed by atoms with Gasteiger partial charge in [0.05, 0.1) is 34.8 Å². The number of pyridine rings is 1. The minimum absolute atomic E-state index is 0.00416. The number of anilines is 1. The molecule has 5 aromatic carbocycles. The highest BCUT2D eigenvalue weighted by atomic mass is 32.2. The van der Waals surface area contributed by atoms with Crippen LogP contribution in [0, 0.1) is 36.5 Å². The van der Waals surface area contributed by atoms with Gasteiger partial charge in [0.25, 0.3) is 10.1 Å². The third-order valence-corrected chi connectivity index (χ3v) is 11.9. The summed E-state index contributed by atoms with van der Waals surface area (Å²) in [4.78, 5) is 16.5. The van der Waals surface area contributed by atoms with Crippen LogP contribution in [0.4, 0.5) is 38.4 Å². The first-order valence-electron chi connectivity index (χ1n) is 19.8. The number of para-hydroxylation sites is 2. The maximum atomic E-state index is 12.0. The van der Waals surface area contributed by atoms with Gasteiger partial charge in [-0.2, -0.15) is 18.9 Å². The van der Waals surface area contributed by atoms with E-state index in [-0.39, 0.29) is 69.4 Å². The van der Waals surface area contributed by atoms with E-state index < -0.39 is 15.9 Å². The van der Waals surface area contributed by atoms with Gasteiger partial charge in [0.15, 0.2) is 16.3 Å². The number of azo groups is 3. The zero-order valence-electron chi connectivity index (χ0n) is 34.8. The van der Waals surface area contributed by atoms with Crippen molar-refractivity contribution in [1.82, 2.24) is 9.38 Å². The molecule has 0 radical (unpaired) electrons. The zero-order valence-corrected chi connectivity index (χ0v) is 36.4. The SMILES string of the molecule is CC(=O)Nc1cccc(-c2c(N=Nc3cccc4ccccc34)sc(N=Nc3cc(OCCCS(=O)(=O)O)c(N=Nc4c(C)c(C#N)c5nc6ccccc6n5c4O)cc3C)c2C#N)c1. The summed E-state index contributed by atoms with van der Waals surface area (Å²) in [6.45, 7) is 4.59. The van der Waals surface area contributed by atoms with Crippen molar-refractivity contribution in [1.29, 1.82) is 10.5 Å². The molecule has 19 heteroatoms. The average molecular weight is 902 g/mol. The first-order valence-corrected chi connectivity index (χ1v) is 22.2. The molecule has 8 aromatic rings. The number of nitrogens with zero attached hydrogens (tertiary/aromatic N) is 10. The molecule has 3 heterocycles.